The summed E-state index contributed by atoms with van der Waals surface area (Å²) in [5.74, 6) is 0. The Morgan fingerprint density at radius 2 is 1.13 bits per heavy atom. The Hall–Kier alpha value is -5.24. The van der Waals surface area contributed by atoms with E-state index in [4.69, 9.17) is 0 Å². The molecule has 1 heterocycles. The van der Waals surface area contributed by atoms with Gasteiger partial charge in [0, 0.05) is 0 Å². The summed E-state index contributed by atoms with van der Waals surface area (Å²) in [6.07, 6.45) is 9.64. The first kappa shape index (κ1) is 33.6. The van der Waals surface area contributed by atoms with E-state index in [0.717, 1.165) is 0 Å². The molecule has 0 bridgehead atoms. The van der Waals surface area contributed by atoms with Gasteiger partial charge < -0.3 is 0 Å². The summed E-state index contributed by atoms with van der Waals surface area (Å²) in [4.78, 5) is 0. The van der Waals surface area contributed by atoms with Crippen LogP contribution in [0.3, 0.4) is 0 Å². The van der Waals surface area contributed by atoms with E-state index >= 15 is 0 Å². The number of rotatable bonds is 7. The number of fused-ring (bicyclic) bond motifs is 4. The van der Waals surface area contributed by atoms with Gasteiger partial charge in [-0.25, -0.2) is 0 Å². The molecular weight excluding hydrogens is 653 g/mol. The molecule has 53 heavy (non-hydrogen) atoms. The minimum Gasteiger partial charge on any atom is -0.0987 e. The molecule has 6 aromatic rings. The normalized spacial score (nSPS) is 22.5. The standard InChI is InChI=1S/C52H48Si/c1-5-46-45(44-30-18-19-31-47(44)52(46,40-22-10-6-11-23-40)41-24-12-7-13-25-41)36-38(2)39-32-33-49-48(37-39)50(3)34-20-21-35-51(50,4)53(49,42-26-14-8-15-27-42)43-28-16-9-17-29-43/h5-19,22-33,36-37H,1,20-21,34-35H2,2-4H3/b38-36+. The maximum atomic E-state index is 4.50. The lowest BCUT2D eigenvalue weighted by Gasteiger charge is -2.54. The van der Waals surface area contributed by atoms with Gasteiger partial charge in [0.2, 0.25) is 0 Å². The van der Waals surface area contributed by atoms with E-state index in [1.807, 2.05) is 0 Å². The SMILES string of the molecule is C=CC1=C(/C=C(\C)c2ccc3c(c2)C2(C)CCCCC2(C)[Si]3(c2ccccc2)c2ccccc2)c2ccccc2C1(c1ccccc1)c1ccccc1. The molecule has 260 valence electrons. The third-order valence-electron chi connectivity index (χ3n) is 13.8. The summed E-state index contributed by atoms with van der Waals surface area (Å²) in [5.41, 5.74) is 11.4. The topological polar surface area (TPSA) is 0 Å². The number of benzene rings is 6. The van der Waals surface area contributed by atoms with Crippen LogP contribution in [0, 0.1) is 0 Å². The maximum Gasteiger partial charge on any atom is 0.155 e. The summed E-state index contributed by atoms with van der Waals surface area (Å²) >= 11 is 0. The van der Waals surface area contributed by atoms with Gasteiger partial charge in [0.05, 0.1) is 5.41 Å². The minimum atomic E-state index is -2.46. The molecule has 0 saturated heterocycles. The van der Waals surface area contributed by atoms with E-state index in [-0.39, 0.29) is 10.5 Å². The maximum absolute atomic E-state index is 4.50. The van der Waals surface area contributed by atoms with Crippen LogP contribution in [0.2, 0.25) is 5.04 Å². The Kier molecular flexibility index (Phi) is 8.05. The Bertz CT molecular complexity index is 2310. The molecule has 6 aromatic carbocycles. The molecule has 9 rings (SSSR count). The second-order valence-electron chi connectivity index (χ2n) is 16.0. The van der Waals surface area contributed by atoms with E-state index in [1.54, 1.807) is 21.1 Å². The predicted octanol–water partition coefficient (Wildman–Crippen LogP) is 11.2. The molecule has 2 aliphatic carbocycles. The van der Waals surface area contributed by atoms with Crippen LogP contribution >= 0.6 is 0 Å². The average molecular weight is 701 g/mol. The fourth-order valence-corrected chi connectivity index (χ4v) is 18.3. The molecule has 0 spiro atoms. The number of hydrogen-bond acceptors (Lipinski definition) is 0. The van der Waals surface area contributed by atoms with Crippen molar-refractivity contribution < 1.29 is 0 Å². The quantitative estimate of drug-likeness (QED) is 0.145. The van der Waals surface area contributed by atoms with Crippen molar-refractivity contribution >= 4 is 34.8 Å². The van der Waals surface area contributed by atoms with Gasteiger partial charge in [-0.05, 0) is 95.9 Å². The van der Waals surface area contributed by atoms with Crippen molar-refractivity contribution in [2.45, 2.75) is 62.3 Å². The summed E-state index contributed by atoms with van der Waals surface area (Å²) in [6.45, 7) is 12.1. The van der Waals surface area contributed by atoms with E-state index in [2.05, 4.69) is 203 Å². The zero-order valence-corrected chi connectivity index (χ0v) is 32.3. The lowest BCUT2D eigenvalue weighted by molar-refractivity contribution is 0.241. The van der Waals surface area contributed by atoms with Gasteiger partial charge in [0.25, 0.3) is 0 Å². The lowest BCUT2D eigenvalue weighted by atomic mass is 9.64. The predicted molar refractivity (Wildman–Crippen MR) is 228 cm³/mol. The summed E-state index contributed by atoms with van der Waals surface area (Å²) < 4.78 is 0. The van der Waals surface area contributed by atoms with Crippen molar-refractivity contribution in [1.29, 1.82) is 0 Å². The second-order valence-corrected chi connectivity index (χ2v) is 20.3. The Balaban J connectivity index is 1.28. The highest BCUT2D eigenvalue weighted by Gasteiger charge is 2.68. The molecular formula is C52H48Si. The molecule has 3 aliphatic rings. The first-order chi connectivity index (χ1) is 25.9. The smallest absolute Gasteiger partial charge is 0.0987 e. The van der Waals surface area contributed by atoms with Crippen molar-refractivity contribution in [3.05, 3.63) is 221 Å². The molecule has 0 N–H and O–H groups in total. The van der Waals surface area contributed by atoms with Gasteiger partial charge >= 0.3 is 0 Å². The van der Waals surface area contributed by atoms with E-state index in [1.165, 1.54) is 70.2 Å². The van der Waals surface area contributed by atoms with Gasteiger partial charge in [-0.1, -0.05) is 209 Å². The van der Waals surface area contributed by atoms with E-state index in [9.17, 15) is 0 Å². The fraction of sp³-hybridized carbons (Fsp3) is 0.192. The van der Waals surface area contributed by atoms with Crippen LogP contribution in [0.4, 0.5) is 0 Å². The summed E-state index contributed by atoms with van der Waals surface area (Å²) in [7, 11) is -2.46. The minimum absolute atomic E-state index is 0.0794. The van der Waals surface area contributed by atoms with Gasteiger partial charge in [0.15, 0.2) is 8.07 Å². The summed E-state index contributed by atoms with van der Waals surface area (Å²) in [5, 5.41) is 4.85. The molecule has 0 amide bonds. The lowest BCUT2D eigenvalue weighted by Crippen LogP contribution is -2.72. The zero-order valence-electron chi connectivity index (χ0n) is 31.3. The molecule has 0 nitrogen and oxygen atoms in total. The van der Waals surface area contributed by atoms with Crippen LogP contribution in [0.25, 0.3) is 11.1 Å². The monoisotopic (exact) mass is 700 g/mol. The Morgan fingerprint density at radius 3 is 1.72 bits per heavy atom. The average Bonchev–Trinajstić information content (AvgIpc) is 3.60. The van der Waals surface area contributed by atoms with Crippen LogP contribution in [0.5, 0.6) is 0 Å². The van der Waals surface area contributed by atoms with Crippen LogP contribution in [0.1, 0.15) is 79.8 Å². The molecule has 0 aromatic heterocycles. The van der Waals surface area contributed by atoms with Crippen molar-refractivity contribution in [2.75, 3.05) is 0 Å². The third-order valence-corrected chi connectivity index (χ3v) is 19.9. The molecule has 0 radical (unpaired) electrons. The van der Waals surface area contributed by atoms with E-state index in [0.29, 0.717) is 0 Å². The highest BCUT2D eigenvalue weighted by Crippen LogP contribution is 2.65. The van der Waals surface area contributed by atoms with Gasteiger partial charge in [0.1, 0.15) is 0 Å². The van der Waals surface area contributed by atoms with Crippen molar-refractivity contribution in [3.8, 4) is 0 Å². The number of hydrogen-bond donors (Lipinski definition) is 0. The van der Waals surface area contributed by atoms with Gasteiger partial charge in [-0.2, -0.15) is 0 Å². The second kappa shape index (κ2) is 12.7. The third kappa shape index (κ3) is 4.53. The first-order valence-electron chi connectivity index (χ1n) is 19.4. The van der Waals surface area contributed by atoms with Gasteiger partial charge in [-0.15, -0.1) is 0 Å². The number of allylic oxidation sites excluding steroid dienone is 5. The zero-order chi connectivity index (χ0) is 36.3. The van der Waals surface area contributed by atoms with Crippen LogP contribution < -0.4 is 15.6 Å². The highest BCUT2D eigenvalue weighted by molar-refractivity contribution is 7.14. The molecule has 1 fully saturated rings. The molecule has 1 heteroatoms. The Labute approximate surface area is 317 Å². The summed E-state index contributed by atoms with van der Waals surface area (Å²) in [6, 6.07) is 61.9. The molecule has 2 unspecified atom stereocenters. The first-order valence-corrected chi connectivity index (χ1v) is 21.4. The van der Waals surface area contributed by atoms with Crippen molar-refractivity contribution in [1.82, 2.24) is 0 Å². The fourth-order valence-electron chi connectivity index (χ4n) is 11.3. The molecule has 2 atom stereocenters. The largest absolute Gasteiger partial charge is 0.155 e. The highest BCUT2D eigenvalue weighted by atomic mass is 28.3. The van der Waals surface area contributed by atoms with Crippen molar-refractivity contribution in [2.24, 2.45) is 0 Å². The Morgan fingerprint density at radius 1 is 0.604 bits per heavy atom. The van der Waals surface area contributed by atoms with Gasteiger partial charge in [-0.3, -0.25) is 0 Å². The van der Waals surface area contributed by atoms with Crippen LogP contribution in [-0.4, -0.2) is 8.07 Å². The molecule has 1 saturated carbocycles. The van der Waals surface area contributed by atoms with Crippen LogP contribution in [-0.2, 0) is 10.8 Å². The van der Waals surface area contributed by atoms with Crippen LogP contribution in [0.15, 0.2) is 188 Å². The molecule has 1 aliphatic heterocycles. The van der Waals surface area contributed by atoms with E-state index < -0.39 is 13.5 Å². The van der Waals surface area contributed by atoms with Crippen molar-refractivity contribution in [3.63, 3.8) is 0 Å².